The number of nitrogens with one attached hydrogen (secondary N) is 3. The highest BCUT2D eigenvalue weighted by Gasteiger charge is 2.43. The predicted octanol–water partition coefficient (Wildman–Crippen LogP) is 5.94. The summed E-state index contributed by atoms with van der Waals surface area (Å²) in [6, 6.07) is 0.819. The van der Waals surface area contributed by atoms with E-state index in [4.69, 9.17) is 16.9 Å². The quantitative estimate of drug-likeness (QED) is 0.316. The molecule has 0 unspecified atom stereocenters. The van der Waals surface area contributed by atoms with E-state index in [-0.39, 0.29) is 22.2 Å². The van der Waals surface area contributed by atoms with Crippen LogP contribution in [-0.4, -0.2) is 67.6 Å². The van der Waals surface area contributed by atoms with E-state index in [2.05, 4.69) is 101 Å². The van der Waals surface area contributed by atoms with Crippen LogP contribution >= 0.6 is 11.8 Å². The molecule has 0 aromatic rings. The summed E-state index contributed by atoms with van der Waals surface area (Å²) in [5.74, 6) is 2.05. The molecule has 37 heavy (non-hydrogen) atoms. The normalized spacial score (nSPS) is 25.2. The van der Waals surface area contributed by atoms with Gasteiger partial charge < -0.3 is 20.4 Å². The Morgan fingerprint density at radius 2 is 1.19 bits per heavy atom. The Hall–Kier alpha value is -1.18. The van der Waals surface area contributed by atoms with Crippen LogP contribution in [0.1, 0.15) is 121 Å². The molecule has 0 spiro atoms. The molecule has 2 saturated heterocycles. The van der Waals surface area contributed by atoms with Crippen LogP contribution < -0.4 is 16.1 Å². The summed E-state index contributed by atoms with van der Waals surface area (Å²) in [5.41, 5.74) is 3.67. The van der Waals surface area contributed by atoms with Crippen molar-refractivity contribution in [3.63, 3.8) is 0 Å². The first kappa shape index (κ1) is 30.4. The molecule has 2 fully saturated rings. The van der Waals surface area contributed by atoms with E-state index in [0.29, 0.717) is 12.1 Å². The number of hydrazone groups is 1. The minimum atomic E-state index is 0.0664. The monoisotopic (exact) mass is 537 g/mol. The molecule has 8 heteroatoms. The van der Waals surface area contributed by atoms with E-state index < -0.39 is 0 Å². The Morgan fingerprint density at radius 3 is 1.62 bits per heavy atom. The van der Waals surface area contributed by atoms with Crippen molar-refractivity contribution >= 4 is 17.6 Å². The van der Waals surface area contributed by atoms with Crippen LogP contribution in [0.3, 0.4) is 0 Å². The lowest BCUT2D eigenvalue weighted by molar-refractivity contribution is 0.0734. The fourth-order valence-electron chi connectivity index (χ4n) is 7.30. The first-order chi connectivity index (χ1) is 17.1. The maximum absolute atomic E-state index is 6.68. The van der Waals surface area contributed by atoms with Gasteiger partial charge in [0.1, 0.15) is 5.82 Å². The van der Waals surface area contributed by atoms with Crippen molar-refractivity contribution < 1.29 is 0 Å². The van der Waals surface area contributed by atoms with Gasteiger partial charge in [0.25, 0.3) is 0 Å². The standard InChI is InChI=1S/C29H56ClN7/c1-11-13-15-35(22-18-26(3,4)33-27(5,6)19-22)24-17-25(32-37(30)31-24)36(16-14-12-2)23-20-28(7,8)34-29(9,10)21-23/h17,22-23,31,33-34H,11-16,18-21H2,1-10H3. The van der Waals surface area contributed by atoms with Crippen molar-refractivity contribution in [2.75, 3.05) is 13.1 Å². The van der Waals surface area contributed by atoms with E-state index >= 15 is 0 Å². The Balaban J connectivity index is 1.96. The number of rotatable bonds is 9. The van der Waals surface area contributed by atoms with E-state index in [9.17, 15) is 0 Å². The Kier molecular flexibility index (Phi) is 9.45. The van der Waals surface area contributed by atoms with Crippen molar-refractivity contribution in [2.45, 2.75) is 155 Å². The highest BCUT2D eigenvalue weighted by atomic mass is 35.5. The first-order valence-electron chi connectivity index (χ1n) is 14.7. The molecule has 3 heterocycles. The molecule has 0 bridgehead atoms. The van der Waals surface area contributed by atoms with Crippen molar-refractivity contribution in [1.29, 1.82) is 0 Å². The van der Waals surface area contributed by atoms with Crippen LogP contribution in [0.25, 0.3) is 0 Å². The van der Waals surface area contributed by atoms with Gasteiger partial charge in [0, 0.05) is 53.4 Å². The van der Waals surface area contributed by atoms with Crippen LogP contribution in [0.2, 0.25) is 0 Å². The van der Waals surface area contributed by atoms with Gasteiger partial charge in [-0.05, 0) is 93.9 Å². The van der Waals surface area contributed by atoms with Crippen LogP contribution in [-0.2, 0) is 0 Å². The Morgan fingerprint density at radius 1 is 0.784 bits per heavy atom. The maximum Gasteiger partial charge on any atom is 0.156 e. The van der Waals surface area contributed by atoms with Gasteiger partial charge >= 0.3 is 0 Å². The first-order valence-corrected chi connectivity index (χ1v) is 15.0. The Labute approximate surface area is 232 Å². The fraction of sp³-hybridized carbons (Fsp3) is 0.897. The molecule has 214 valence electrons. The highest BCUT2D eigenvalue weighted by Crippen LogP contribution is 2.35. The third-order valence-electron chi connectivity index (χ3n) is 7.99. The molecule has 0 saturated carbocycles. The minimum absolute atomic E-state index is 0.0664. The zero-order chi connectivity index (χ0) is 27.6. The molecular weight excluding hydrogens is 482 g/mol. The second-order valence-corrected chi connectivity index (χ2v) is 14.7. The van der Waals surface area contributed by atoms with Crippen LogP contribution in [0.5, 0.6) is 0 Å². The van der Waals surface area contributed by atoms with Crippen molar-refractivity contribution in [2.24, 2.45) is 5.10 Å². The minimum Gasteiger partial charge on any atom is -0.354 e. The number of hydrogen-bond acceptors (Lipinski definition) is 7. The van der Waals surface area contributed by atoms with Crippen LogP contribution in [0, 0.1) is 0 Å². The predicted molar refractivity (Wildman–Crippen MR) is 158 cm³/mol. The lowest BCUT2D eigenvalue weighted by Crippen LogP contribution is -2.63. The number of nitrogens with zero attached hydrogens (tertiary/aromatic N) is 4. The molecule has 3 N–H and O–H groups in total. The molecule has 3 aliphatic rings. The number of unbranched alkanes of at least 4 members (excludes halogenated alkanes) is 2. The third kappa shape index (κ3) is 8.40. The summed E-state index contributed by atoms with van der Waals surface area (Å²) >= 11 is 6.68. The second-order valence-electron chi connectivity index (χ2n) is 14.4. The Bertz CT molecular complexity index is 800. The second kappa shape index (κ2) is 11.5. The topological polar surface area (TPSA) is 58.2 Å². The van der Waals surface area contributed by atoms with Gasteiger partial charge in [-0.15, -0.1) is 9.74 Å². The third-order valence-corrected chi connectivity index (χ3v) is 8.15. The van der Waals surface area contributed by atoms with Gasteiger partial charge in [0.2, 0.25) is 0 Å². The van der Waals surface area contributed by atoms with Crippen molar-refractivity contribution in [1.82, 2.24) is 30.5 Å². The molecule has 0 aromatic carbocycles. The maximum atomic E-state index is 6.68. The zero-order valence-electron chi connectivity index (χ0n) is 25.5. The summed E-state index contributed by atoms with van der Waals surface area (Å²) in [6.07, 6.45) is 11.2. The van der Waals surface area contributed by atoms with E-state index in [1.54, 1.807) is 0 Å². The number of amidine groups is 1. The highest BCUT2D eigenvalue weighted by molar-refractivity contribution is 6.14. The lowest BCUT2D eigenvalue weighted by Gasteiger charge is -2.51. The van der Waals surface area contributed by atoms with Gasteiger partial charge in [0.15, 0.2) is 5.84 Å². The summed E-state index contributed by atoms with van der Waals surface area (Å²) < 4.78 is 1.41. The van der Waals surface area contributed by atoms with E-state index in [0.717, 1.165) is 76.1 Å². The zero-order valence-corrected chi connectivity index (χ0v) is 26.2. The van der Waals surface area contributed by atoms with E-state index in [1.165, 1.54) is 4.64 Å². The van der Waals surface area contributed by atoms with Gasteiger partial charge in [-0.1, -0.05) is 26.7 Å². The molecule has 3 rings (SSSR count). The molecule has 0 aromatic heterocycles. The molecular formula is C29H56ClN7. The summed E-state index contributed by atoms with van der Waals surface area (Å²) in [5, 5.41) is 12.5. The summed E-state index contributed by atoms with van der Waals surface area (Å²) in [4.78, 5) is 5.12. The van der Waals surface area contributed by atoms with Crippen LogP contribution in [0.15, 0.2) is 17.0 Å². The van der Waals surface area contributed by atoms with Gasteiger partial charge in [0.05, 0.1) is 11.8 Å². The average Bonchev–Trinajstić information content (AvgIpc) is 2.69. The number of hydrazine groups is 1. The van der Waals surface area contributed by atoms with Crippen molar-refractivity contribution in [3.05, 3.63) is 11.9 Å². The smallest absolute Gasteiger partial charge is 0.156 e. The van der Waals surface area contributed by atoms with Crippen LogP contribution in [0.4, 0.5) is 0 Å². The molecule has 0 aliphatic carbocycles. The van der Waals surface area contributed by atoms with E-state index in [1.807, 2.05) is 0 Å². The molecule has 3 aliphatic heterocycles. The van der Waals surface area contributed by atoms with Gasteiger partial charge in [-0.2, -0.15) is 0 Å². The fourth-order valence-corrected chi connectivity index (χ4v) is 7.46. The molecule has 0 radical (unpaired) electrons. The lowest BCUT2D eigenvalue weighted by atomic mass is 9.78. The van der Waals surface area contributed by atoms with Gasteiger partial charge in [-0.25, -0.2) is 0 Å². The molecule has 7 nitrogen and oxygen atoms in total. The number of halogens is 1. The average molecular weight is 538 g/mol. The van der Waals surface area contributed by atoms with Gasteiger partial charge in [-0.3, -0.25) is 5.43 Å². The number of hydrogen-bond donors (Lipinski definition) is 3. The summed E-state index contributed by atoms with van der Waals surface area (Å²) in [7, 11) is 0. The summed E-state index contributed by atoms with van der Waals surface area (Å²) in [6.45, 7) is 25.1. The molecule has 0 amide bonds. The SMILES string of the molecule is CCCCN(C1=CC(N(CCCC)C2CC(C)(C)NC(C)(C)C2)=NN(Cl)N1)C1CC(C)(C)NC(C)(C)C1. The largest absolute Gasteiger partial charge is 0.354 e. The molecule has 0 atom stereocenters. The number of piperidine rings is 2. The van der Waals surface area contributed by atoms with Crippen molar-refractivity contribution in [3.8, 4) is 0 Å².